The lowest BCUT2D eigenvalue weighted by Crippen LogP contribution is -2.36. The Bertz CT molecular complexity index is 826. The molecule has 0 saturated carbocycles. The molecule has 1 aromatic carbocycles. The van der Waals surface area contributed by atoms with Crippen LogP contribution in [0.3, 0.4) is 0 Å². The summed E-state index contributed by atoms with van der Waals surface area (Å²) in [6, 6.07) is 6.26. The summed E-state index contributed by atoms with van der Waals surface area (Å²) in [5.74, 6) is -2.67. The van der Waals surface area contributed by atoms with Gasteiger partial charge in [-0.25, -0.2) is 0 Å². The first-order chi connectivity index (χ1) is 10.5. The summed E-state index contributed by atoms with van der Waals surface area (Å²) >= 11 is 0. The maximum atomic E-state index is 12.2. The molecule has 1 aromatic heterocycles. The Kier molecular flexibility index (Phi) is 4.16. The Balaban J connectivity index is 2.59. The Morgan fingerprint density at radius 2 is 2.05 bits per heavy atom. The predicted octanol–water partition coefficient (Wildman–Crippen LogP) is -0.212. The number of aromatic nitrogens is 1. The SMILES string of the molecule is COn1c(=O)c(C(=O)NCC(=O)N=O)c(O)c2ccccc21. The number of benzene rings is 1. The van der Waals surface area contributed by atoms with Crippen molar-refractivity contribution in [2.45, 2.75) is 0 Å². The van der Waals surface area contributed by atoms with Crippen molar-refractivity contribution in [2.24, 2.45) is 5.18 Å². The summed E-state index contributed by atoms with van der Waals surface area (Å²) in [6.45, 7) is -0.680. The van der Waals surface area contributed by atoms with E-state index >= 15 is 0 Å². The molecule has 2 aromatic rings. The average molecular weight is 305 g/mol. The maximum absolute atomic E-state index is 12.2. The van der Waals surface area contributed by atoms with Crippen molar-refractivity contribution in [2.75, 3.05) is 13.7 Å². The lowest BCUT2D eigenvalue weighted by molar-refractivity contribution is -0.117. The molecule has 0 aliphatic carbocycles. The molecule has 0 radical (unpaired) electrons. The highest BCUT2D eigenvalue weighted by Crippen LogP contribution is 2.25. The van der Waals surface area contributed by atoms with Gasteiger partial charge in [0.25, 0.3) is 11.5 Å². The van der Waals surface area contributed by atoms with Crippen LogP contribution in [0.25, 0.3) is 10.9 Å². The van der Waals surface area contributed by atoms with E-state index in [-0.39, 0.29) is 10.9 Å². The fourth-order valence-electron chi connectivity index (χ4n) is 1.96. The highest BCUT2D eigenvalue weighted by molar-refractivity contribution is 6.03. The fourth-order valence-corrected chi connectivity index (χ4v) is 1.96. The number of nitroso groups, excluding NO2 is 1. The van der Waals surface area contributed by atoms with Gasteiger partial charge in [-0.2, -0.15) is 0 Å². The van der Waals surface area contributed by atoms with Gasteiger partial charge in [-0.15, -0.1) is 9.64 Å². The third-order valence-electron chi connectivity index (χ3n) is 2.92. The molecule has 0 spiro atoms. The molecule has 2 N–H and O–H groups in total. The summed E-state index contributed by atoms with van der Waals surface area (Å²) in [6.07, 6.45) is 0. The number of hydrogen-bond donors (Lipinski definition) is 2. The van der Waals surface area contributed by atoms with Crippen LogP contribution in [0.2, 0.25) is 0 Å². The van der Waals surface area contributed by atoms with E-state index in [0.717, 1.165) is 4.73 Å². The highest BCUT2D eigenvalue weighted by Gasteiger charge is 2.23. The van der Waals surface area contributed by atoms with E-state index in [4.69, 9.17) is 4.84 Å². The van der Waals surface area contributed by atoms with Gasteiger partial charge in [0.05, 0.1) is 5.52 Å². The normalized spacial score (nSPS) is 10.2. The number of nitrogens with one attached hydrogen (secondary N) is 1. The van der Waals surface area contributed by atoms with Gasteiger partial charge in [0.15, 0.2) is 0 Å². The van der Waals surface area contributed by atoms with Crippen molar-refractivity contribution >= 4 is 22.7 Å². The number of fused-ring (bicyclic) bond motifs is 1. The standard InChI is InChI=1S/C13H11N3O6/c1-22-16-8-5-3-2-4-7(8)11(18)10(13(16)20)12(19)14-6-9(17)15-21/h2-5,18H,6H2,1H3,(H,14,19). The molecule has 0 saturated heterocycles. The summed E-state index contributed by atoms with van der Waals surface area (Å²) in [4.78, 5) is 49.9. The molecule has 1 heterocycles. The zero-order valence-corrected chi connectivity index (χ0v) is 11.4. The van der Waals surface area contributed by atoms with Gasteiger partial charge in [0.2, 0.25) is 0 Å². The van der Waals surface area contributed by atoms with Crippen LogP contribution in [0.1, 0.15) is 10.4 Å². The first-order valence-corrected chi connectivity index (χ1v) is 6.06. The molecule has 9 nitrogen and oxygen atoms in total. The van der Waals surface area contributed by atoms with Crippen molar-refractivity contribution in [1.29, 1.82) is 0 Å². The molecule has 0 aliphatic rings. The number of pyridine rings is 1. The molecule has 0 atom stereocenters. The summed E-state index contributed by atoms with van der Waals surface area (Å²) < 4.78 is 0.837. The van der Waals surface area contributed by atoms with Crippen LogP contribution >= 0.6 is 0 Å². The topological polar surface area (TPSA) is 127 Å². The number of para-hydroxylation sites is 1. The molecule has 2 amide bonds. The number of hydrogen-bond acceptors (Lipinski definition) is 6. The smallest absolute Gasteiger partial charge is 0.305 e. The highest BCUT2D eigenvalue weighted by atomic mass is 16.6. The van der Waals surface area contributed by atoms with Crippen LogP contribution < -0.4 is 15.7 Å². The number of carbonyl (C=O) groups is 2. The maximum Gasteiger partial charge on any atom is 0.305 e. The monoisotopic (exact) mass is 305 g/mol. The minimum Gasteiger partial charge on any atom is -0.506 e. The van der Waals surface area contributed by atoms with Crippen LogP contribution in [-0.4, -0.2) is 35.3 Å². The number of amides is 2. The van der Waals surface area contributed by atoms with Gasteiger partial charge in [-0.05, 0) is 12.1 Å². The number of nitrogens with zero attached hydrogens (tertiary/aromatic N) is 2. The van der Waals surface area contributed by atoms with Crippen LogP contribution in [0, 0.1) is 4.91 Å². The van der Waals surface area contributed by atoms with Crippen LogP contribution in [-0.2, 0) is 4.79 Å². The molecule has 0 bridgehead atoms. The van der Waals surface area contributed by atoms with Crippen molar-refractivity contribution < 1.29 is 19.5 Å². The minimum atomic E-state index is -1.11. The lowest BCUT2D eigenvalue weighted by Gasteiger charge is -2.12. The van der Waals surface area contributed by atoms with Gasteiger partial charge in [-0.1, -0.05) is 12.1 Å². The van der Waals surface area contributed by atoms with E-state index in [1.807, 2.05) is 5.32 Å². The largest absolute Gasteiger partial charge is 0.506 e. The lowest BCUT2D eigenvalue weighted by atomic mass is 10.1. The number of carbonyl (C=O) groups excluding carboxylic acids is 2. The summed E-state index contributed by atoms with van der Waals surface area (Å²) in [5.41, 5.74) is -1.23. The van der Waals surface area contributed by atoms with E-state index in [0.29, 0.717) is 0 Å². The van der Waals surface area contributed by atoms with E-state index in [9.17, 15) is 24.4 Å². The average Bonchev–Trinajstić information content (AvgIpc) is 2.53. The second-order valence-corrected chi connectivity index (χ2v) is 4.19. The third kappa shape index (κ3) is 2.51. The predicted molar refractivity (Wildman–Crippen MR) is 75.5 cm³/mol. The summed E-state index contributed by atoms with van der Waals surface area (Å²) in [5, 5.41) is 14.5. The Morgan fingerprint density at radius 1 is 1.36 bits per heavy atom. The van der Waals surface area contributed by atoms with Gasteiger partial charge in [0.1, 0.15) is 25.0 Å². The van der Waals surface area contributed by atoms with Crippen LogP contribution in [0.5, 0.6) is 5.75 Å². The van der Waals surface area contributed by atoms with Crippen molar-refractivity contribution in [3.05, 3.63) is 45.1 Å². The molecule has 0 unspecified atom stereocenters. The van der Waals surface area contributed by atoms with Crippen molar-refractivity contribution in [3.8, 4) is 5.75 Å². The minimum absolute atomic E-state index is 0.217. The molecule has 0 fully saturated rings. The second kappa shape index (κ2) is 6.04. The second-order valence-electron chi connectivity index (χ2n) is 4.19. The molecule has 9 heteroatoms. The first-order valence-electron chi connectivity index (χ1n) is 6.06. The zero-order valence-electron chi connectivity index (χ0n) is 11.4. The van der Waals surface area contributed by atoms with Crippen LogP contribution in [0.15, 0.2) is 34.2 Å². The van der Waals surface area contributed by atoms with Gasteiger partial charge in [-0.3, -0.25) is 14.4 Å². The van der Waals surface area contributed by atoms with Crippen molar-refractivity contribution in [3.63, 3.8) is 0 Å². The van der Waals surface area contributed by atoms with Gasteiger partial charge < -0.3 is 15.3 Å². The third-order valence-corrected chi connectivity index (χ3v) is 2.92. The van der Waals surface area contributed by atoms with E-state index < -0.39 is 35.2 Å². The quantitative estimate of drug-likeness (QED) is 0.752. The van der Waals surface area contributed by atoms with E-state index in [1.54, 1.807) is 12.1 Å². The Hall–Kier alpha value is -3.23. The van der Waals surface area contributed by atoms with Crippen LogP contribution in [0.4, 0.5) is 0 Å². The summed E-state index contributed by atoms with van der Waals surface area (Å²) in [7, 11) is 1.23. The number of aromatic hydroxyl groups is 1. The van der Waals surface area contributed by atoms with Gasteiger partial charge >= 0.3 is 5.91 Å². The molecule has 2 rings (SSSR count). The fraction of sp³-hybridized carbons (Fsp3) is 0.154. The molecular formula is C13H11N3O6. The Labute approximate surface area is 123 Å². The molecular weight excluding hydrogens is 294 g/mol. The number of rotatable bonds is 4. The molecule has 22 heavy (non-hydrogen) atoms. The molecule has 0 aliphatic heterocycles. The Morgan fingerprint density at radius 3 is 2.68 bits per heavy atom. The molecule has 114 valence electrons. The van der Waals surface area contributed by atoms with Gasteiger partial charge in [0, 0.05) is 10.6 Å². The van der Waals surface area contributed by atoms with Crippen molar-refractivity contribution in [1.82, 2.24) is 10.0 Å². The zero-order chi connectivity index (χ0) is 16.3. The first kappa shape index (κ1) is 15.2. The van der Waals surface area contributed by atoms with E-state index in [2.05, 4.69) is 5.18 Å². The van der Waals surface area contributed by atoms with E-state index in [1.165, 1.54) is 19.2 Å².